The topological polar surface area (TPSA) is 73.9 Å². The van der Waals surface area contributed by atoms with E-state index in [1.807, 2.05) is 24.1 Å². The van der Waals surface area contributed by atoms with Gasteiger partial charge in [0.05, 0.1) is 7.11 Å². The molecule has 0 aromatic heterocycles. The quantitative estimate of drug-likeness (QED) is 0.415. The van der Waals surface area contributed by atoms with Crippen LogP contribution in [-0.2, 0) is 4.79 Å². The third kappa shape index (κ3) is 7.32. The number of rotatable bonds is 12. The van der Waals surface area contributed by atoms with Gasteiger partial charge in [0, 0.05) is 38.3 Å². The zero-order chi connectivity index (χ0) is 27.1. The Morgan fingerprint density at radius 1 is 1.05 bits per heavy atom. The predicted octanol–water partition coefficient (Wildman–Crippen LogP) is 3.66. The summed E-state index contributed by atoms with van der Waals surface area (Å²) in [4.78, 5) is 30.2. The summed E-state index contributed by atoms with van der Waals surface area (Å²) >= 11 is 0. The van der Waals surface area contributed by atoms with Crippen LogP contribution in [0.15, 0.2) is 48.5 Å². The first-order valence-corrected chi connectivity index (χ1v) is 13.7. The monoisotopic (exact) mass is 524 g/mol. The van der Waals surface area contributed by atoms with Crippen LogP contribution >= 0.6 is 0 Å². The lowest BCUT2D eigenvalue weighted by molar-refractivity contribution is -0.135. The molecule has 2 aromatic carbocycles. The number of likely N-dealkylation sites (N-methyl/N-ethyl adjacent to an activating group) is 1. The number of benzene rings is 2. The van der Waals surface area contributed by atoms with E-state index in [1.165, 1.54) is 36.2 Å². The number of amides is 2. The van der Waals surface area contributed by atoms with Crippen LogP contribution in [0.5, 0.6) is 5.75 Å². The number of carbonyl (C=O) groups excluding carboxylic acids is 2. The maximum absolute atomic E-state index is 13.3. The van der Waals surface area contributed by atoms with Gasteiger partial charge in [-0.3, -0.25) is 9.59 Å². The summed E-state index contributed by atoms with van der Waals surface area (Å²) in [7, 11) is 3.73. The predicted molar refractivity (Wildman–Crippen MR) is 147 cm³/mol. The zero-order valence-corrected chi connectivity index (χ0v) is 22.8. The van der Waals surface area contributed by atoms with E-state index in [0.717, 1.165) is 44.8 Å². The Morgan fingerprint density at radius 3 is 2.39 bits per heavy atom. The van der Waals surface area contributed by atoms with E-state index in [4.69, 9.17) is 4.74 Å². The van der Waals surface area contributed by atoms with Gasteiger partial charge in [0.2, 0.25) is 5.91 Å². The smallest absolute Gasteiger partial charge is 0.251 e. The number of unbranched alkanes of at least 4 members (excludes halogenated alkanes) is 1. The molecule has 2 N–H and O–H groups in total. The van der Waals surface area contributed by atoms with Crippen LogP contribution in [-0.4, -0.2) is 81.1 Å². The summed E-state index contributed by atoms with van der Waals surface area (Å²) in [5, 5.41) is 6.53. The SMILES string of the molecule is COc1ccc([C@@H]2CC2(C)CNCCCC[C@H](NC(=O)c2ccc(F)cc2)C(=O)N2CCN(C)CC2)cc1. The number of ether oxygens (including phenoxy) is 1. The summed E-state index contributed by atoms with van der Waals surface area (Å²) in [6.45, 7) is 7.11. The Kier molecular flexibility index (Phi) is 9.39. The van der Waals surface area contributed by atoms with Crippen molar-refractivity contribution in [1.29, 1.82) is 0 Å². The molecule has 2 amide bonds. The number of hydrogen-bond acceptors (Lipinski definition) is 5. The van der Waals surface area contributed by atoms with Crippen LogP contribution < -0.4 is 15.4 Å². The summed E-state index contributed by atoms with van der Waals surface area (Å²) in [5.41, 5.74) is 1.98. The van der Waals surface area contributed by atoms with Crippen LogP contribution in [0.2, 0.25) is 0 Å². The van der Waals surface area contributed by atoms with Gasteiger partial charge < -0.3 is 25.2 Å². The van der Waals surface area contributed by atoms with Gasteiger partial charge in [0.25, 0.3) is 5.91 Å². The molecule has 1 heterocycles. The van der Waals surface area contributed by atoms with E-state index in [-0.39, 0.29) is 17.2 Å². The molecular formula is C30H41FN4O3. The largest absolute Gasteiger partial charge is 0.497 e. The number of carbonyl (C=O) groups is 2. The Balaban J connectivity index is 1.24. The van der Waals surface area contributed by atoms with Crippen molar-refractivity contribution in [1.82, 2.24) is 20.4 Å². The second kappa shape index (κ2) is 12.7. The van der Waals surface area contributed by atoms with E-state index >= 15 is 0 Å². The Labute approximate surface area is 225 Å². The molecule has 1 aliphatic heterocycles. The molecule has 0 spiro atoms. The van der Waals surface area contributed by atoms with Crippen molar-refractivity contribution in [2.45, 2.75) is 44.6 Å². The Hall–Kier alpha value is -2.97. The fourth-order valence-corrected chi connectivity index (χ4v) is 5.28. The molecule has 0 radical (unpaired) electrons. The highest BCUT2D eigenvalue weighted by atomic mass is 19.1. The van der Waals surface area contributed by atoms with Crippen molar-refractivity contribution in [2.24, 2.45) is 5.41 Å². The van der Waals surface area contributed by atoms with Gasteiger partial charge in [-0.2, -0.15) is 0 Å². The molecule has 2 fully saturated rings. The standard InChI is InChI=1S/C30H41FN4O3/c1-30(20-26(30)22-9-13-25(38-3)14-10-22)21-32-15-5-4-6-27(29(37)35-18-16-34(2)17-19-35)33-28(36)23-7-11-24(31)12-8-23/h7-14,26-27,32H,4-6,15-21H2,1-3H3,(H,33,36)/t26-,27-,30?/m0/s1. The highest BCUT2D eigenvalue weighted by Crippen LogP contribution is 2.58. The van der Waals surface area contributed by atoms with E-state index in [0.29, 0.717) is 31.0 Å². The Morgan fingerprint density at radius 2 is 1.74 bits per heavy atom. The van der Waals surface area contributed by atoms with Gasteiger partial charge in [0.1, 0.15) is 17.6 Å². The number of methoxy groups -OCH3 is 1. The second-order valence-electron chi connectivity index (χ2n) is 11.0. The van der Waals surface area contributed by atoms with Crippen molar-refractivity contribution >= 4 is 11.8 Å². The van der Waals surface area contributed by atoms with Crippen molar-refractivity contribution in [3.05, 3.63) is 65.5 Å². The van der Waals surface area contributed by atoms with Gasteiger partial charge >= 0.3 is 0 Å². The zero-order valence-electron chi connectivity index (χ0n) is 22.8. The normalized spacial score (nSPS) is 22.1. The van der Waals surface area contributed by atoms with Gasteiger partial charge in [-0.1, -0.05) is 19.1 Å². The fourth-order valence-electron chi connectivity index (χ4n) is 5.28. The van der Waals surface area contributed by atoms with Crippen molar-refractivity contribution in [2.75, 3.05) is 53.4 Å². The third-order valence-corrected chi connectivity index (χ3v) is 8.02. The number of halogens is 1. The van der Waals surface area contributed by atoms with Crippen molar-refractivity contribution in [3.8, 4) is 5.75 Å². The van der Waals surface area contributed by atoms with Crippen LogP contribution in [0, 0.1) is 11.2 Å². The number of nitrogens with zero attached hydrogens (tertiary/aromatic N) is 2. The molecule has 3 atom stereocenters. The van der Waals surface area contributed by atoms with E-state index in [9.17, 15) is 14.0 Å². The van der Waals surface area contributed by atoms with E-state index in [1.54, 1.807) is 7.11 Å². The van der Waals surface area contributed by atoms with Crippen molar-refractivity contribution in [3.63, 3.8) is 0 Å². The minimum atomic E-state index is -0.587. The molecular weight excluding hydrogens is 483 g/mol. The van der Waals surface area contributed by atoms with E-state index in [2.05, 4.69) is 34.6 Å². The molecule has 1 saturated heterocycles. The first-order valence-electron chi connectivity index (χ1n) is 13.7. The molecule has 1 unspecified atom stereocenters. The molecule has 0 bridgehead atoms. The first kappa shape index (κ1) is 28.0. The van der Waals surface area contributed by atoms with Crippen LogP contribution in [0.1, 0.15) is 54.4 Å². The lowest BCUT2D eigenvalue weighted by atomic mass is 10.0. The number of nitrogens with one attached hydrogen (secondary N) is 2. The number of piperazine rings is 1. The molecule has 2 aromatic rings. The maximum atomic E-state index is 13.3. The lowest BCUT2D eigenvalue weighted by Crippen LogP contribution is -2.54. The van der Waals surface area contributed by atoms with Crippen LogP contribution in [0.25, 0.3) is 0 Å². The number of hydrogen-bond donors (Lipinski definition) is 2. The molecule has 2 aliphatic rings. The van der Waals surface area contributed by atoms with Crippen LogP contribution in [0.3, 0.4) is 0 Å². The highest BCUT2D eigenvalue weighted by Gasteiger charge is 2.50. The summed E-state index contributed by atoms with van der Waals surface area (Å²) in [6.07, 6.45) is 3.48. The second-order valence-corrected chi connectivity index (χ2v) is 11.0. The lowest BCUT2D eigenvalue weighted by Gasteiger charge is -2.34. The summed E-state index contributed by atoms with van der Waals surface area (Å²) in [5.74, 6) is 0.673. The van der Waals surface area contributed by atoms with Crippen molar-refractivity contribution < 1.29 is 18.7 Å². The summed E-state index contributed by atoms with van der Waals surface area (Å²) in [6, 6.07) is 13.2. The minimum absolute atomic E-state index is 0.0330. The van der Waals surface area contributed by atoms with Gasteiger partial charge in [-0.25, -0.2) is 4.39 Å². The highest BCUT2D eigenvalue weighted by molar-refractivity contribution is 5.97. The molecule has 7 nitrogen and oxygen atoms in total. The molecule has 1 aliphatic carbocycles. The van der Waals surface area contributed by atoms with E-state index < -0.39 is 11.9 Å². The molecule has 1 saturated carbocycles. The maximum Gasteiger partial charge on any atom is 0.251 e. The molecule has 206 valence electrons. The average Bonchev–Trinajstić information content (AvgIpc) is 3.61. The molecule has 38 heavy (non-hydrogen) atoms. The average molecular weight is 525 g/mol. The Bertz CT molecular complexity index is 1070. The minimum Gasteiger partial charge on any atom is -0.497 e. The first-order chi connectivity index (χ1) is 18.3. The fraction of sp³-hybridized carbons (Fsp3) is 0.533. The van der Waals surface area contributed by atoms with Gasteiger partial charge in [-0.15, -0.1) is 0 Å². The summed E-state index contributed by atoms with van der Waals surface area (Å²) < 4.78 is 18.6. The third-order valence-electron chi connectivity index (χ3n) is 8.02. The van der Waals surface area contributed by atoms with Gasteiger partial charge in [0.15, 0.2) is 0 Å². The molecule has 8 heteroatoms. The van der Waals surface area contributed by atoms with Crippen LogP contribution in [0.4, 0.5) is 4.39 Å². The molecule has 4 rings (SSSR count). The van der Waals surface area contributed by atoms with Gasteiger partial charge in [-0.05, 0) is 92.6 Å².